The molecule has 1 atom stereocenters. The molecule has 10 heteroatoms. The van der Waals surface area contributed by atoms with Crippen LogP contribution in [0.4, 0.5) is 14.5 Å². The minimum atomic E-state index is -3.94. The smallest absolute Gasteiger partial charge is 0.244 e. The molecule has 0 aliphatic carbocycles. The van der Waals surface area contributed by atoms with Gasteiger partial charge in [-0.1, -0.05) is 32.0 Å². The third-order valence-electron chi connectivity index (χ3n) is 4.98. The number of nitrogens with one attached hydrogen (secondary N) is 1. The van der Waals surface area contributed by atoms with Crippen molar-refractivity contribution in [3.63, 3.8) is 0 Å². The number of anilines is 1. The Balaban J connectivity index is 2.41. The van der Waals surface area contributed by atoms with E-state index in [1.54, 1.807) is 6.92 Å². The molecule has 33 heavy (non-hydrogen) atoms. The van der Waals surface area contributed by atoms with E-state index in [1.165, 1.54) is 41.3 Å². The SMILES string of the molecule is CCCNC(=O)[C@@H](CC)N(Cc1ccc(F)cc1)C(=O)CN(c1cccc(F)c1)S(C)(=O)=O. The molecular weight excluding hydrogens is 452 g/mol. The summed E-state index contributed by atoms with van der Waals surface area (Å²) in [7, 11) is -3.94. The van der Waals surface area contributed by atoms with E-state index in [4.69, 9.17) is 0 Å². The maximum atomic E-state index is 13.7. The first kappa shape index (κ1) is 26.2. The molecule has 2 amide bonds. The van der Waals surface area contributed by atoms with Crippen molar-refractivity contribution in [2.45, 2.75) is 39.3 Å². The predicted octanol–water partition coefficient (Wildman–Crippen LogP) is 3.06. The van der Waals surface area contributed by atoms with Crippen LogP contribution in [-0.2, 0) is 26.2 Å². The molecule has 0 spiro atoms. The van der Waals surface area contributed by atoms with E-state index in [2.05, 4.69) is 5.32 Å². The molecule has 7 nitrogen and oxygen atoms in total. The van der Waals surface area contributed by atoms with Gasteiger partial charge in [-0.05, 0) is 48.7 Å². The van der Waals surface area contributed by atoms with E-state index >= 15 is 0 Å². The van der Waals surface area contributed by atoms with Gasteiger partial charge in [0.1, 0.15) is 24.2 Å². The quantitative estimate of drug-likeness (QED) is 0.535. The first-order chi connectivity index (χ1) is 15.6. The highest BCUT2D eigenvalue weighted by Crippen LogP contribution is 2.20. The van der Waals surface area contributed by atoms with Crippen LogP contribution in [0.1, 0.15) is 32.3 Å². The molecule has 0 saturated heterocycles. The summed E-state index contributed by atoms with van der Waals surface area (Å²) >= 11 is 0. The fourth-order valence-electron chi connectivity index (χ4n) is 3.32. The van der Waals surface area contributed by atoms with Gasteiger partial charge in [-0.2, -0.15) is 0 Å². The molecule has 0 saturated carbocycles. The van der Waals surface area contributed by atoms with Crippen molar-refractivity contribution in [2.75, 3.05) is 23.7 Å². The Morgan fingerprint density at radius 3 is 2.24 bits per heavy atom. The fraction of sp³-hybridized carbons (Fsp3) is 0.391. The number of nitrogens with zero attached hydrogens (tertiary/aromatic N) is 2. The highest BCUT2D eigenvalue weighted by molar-refractivity contribution is 7.92. The summed E-state index contributed by atoms with van der Waals surface area (Å²) in [6.07, 6.45) is 1.90. The second-order valence-electron chi connectivity index (χ2n) is 7.61. The summed E-state index contributed by atoms with van der Waals surface area (Å²) < 4.78 is 52.7. The van der Waals surface area contributed by atoms with Crippen molar-refractivity contribution < 1.29 is 26.8 Å². The van der Waals surface area contributed by atoms with Crippen LogP contribution in [0.15, 0.2) is 48.5 Å². The van der Waals surface area contributed by atoms with E-state index in [-0.39, 0.29) is 24.6 Å². The van der Waals surface area contributed by atoms with Crippen molar-refractivity contribution >= 4 is 27.5 Å². The summed E-state index contributed by atoms with van der Waals surface area (Å²) in [6, 6.07) is 9.51. The number of sulfonamides is 1. The molecule has 0 aliphatic heterocycles. The first-order valence-corrected chi connectivity index (χ1v) is 12.5. The van der Waals surface area contributed by atoms with Gasteiger partial charge >= 0.3 is 0 Å². The van der Waals surface area contributed by atoms with Crippen molar-refractivity contribution in [3.8, 4) is 0 Å². The van der Waals surface area contributed by atoms with E-state index in [1.807, 2.05) is 6.92 Å². The average Bonchev–Trinajstić information content (AvgIpc) is 2.76. The molecule has 0 bridgehead atoms. The maximum Gasteiger partial charge on any atom is 0.244 e. The van der Waals surface area contributed by atoms with Crippen molar-refractivity contribution in [3.05, 3.63) is 65.7 Å². The van der Waals surface area contributed by atoms with Gasteiger partial charge in [0.15, 0.2) is 0 Å². The largest absolute Gasteiger partial charge is 0.354 e. The summed E-state index contributed by atoms with van der Waals surface area (Å²) in [5.41, 5.74) is 0.569. The minimum Gasteiger partial charge on any atom is -0.354 e. The van der Waals surface area contributed by atoms with Gasteiger partial charge in [0, 0.05) is 13.1 Å². The average molecular weight is 482 g/mol. The van der Waals surface area contributed by atoms with Gasteiger partial charge in [-0.3, -0.25) is 13.9 Å². The highest BCUT2D eigenvalue weighted by Gasteiger charge is 2.31. The molecule has 0 radical (unpaired) electrons. The number of benzene rings is 2. The normalized spacial score (nSPS) is 12.2. The Hall–Kier alpha value is -3.01. The Morgan fingerprint density at radius 1 is 1.03 bits per heavy atom. The molecule has 180 valence electrons. The zero-order chi connectivity index (χ0) is 24.6. The second kappa shape index (κ2) is 11.7. The van der Waals surface area contributed by atoms with Crippen LogP contribution in [0.2, 0.25) is 0 Å². The van der Waals surface area contributed by atoms with E-state index in [9.17, 15) is 26.8 Å². The van der Waals surface area contributed by atoms with Crippen LogP contribution in [-0.4, -0.2) is 50.5 Å². The molecular formula is C23H29F2N3O4S. The molecule has 0 heterocycles. The van der Waals surface area contributed by atoms with Crippen LogP contribution in [0.5, 0.6) is 0 Å². The van der Waals surface area contributed by atoms with Gasteiger partial charge < -0.3 is 10.2 Å². The Labute approximate surface area is 193 Å². The maximum absolute atomic E-state index is 13.7. The van der Waals surface area contributed by atoms with E-state index in [0.717, 1.165) is 22.7 Å². The lowest BCUT2D eigenvalue weighted by atomic mass is 10.1. The van der Waals surface area contributed by atoms with Gasteiger partial charge in [0.2, 0.25) is 21.8 Å². The lowest BCUT2D eigenvalue weighted by molar-refractivity contribution is -0.140. The van der Waals surface area contributed by atoms with Crippen LogP contribution < -0.4 is 9.62 Å². The lowest BCUT2D eigenvalue weighted by Crippen LogP contribution is -2.52. The number of carbonyl (C=O) groups is 2. The van der Waals surface area contributed by atoms with Gasteiger partial charge in [0.05, 0.1) is 11.9 Å². The number of carbonyl (C=O) groups excluding carboxylic acids is 2. The van der Waals surface area contributed by atoms with Crippen molar-refractivity contribution in [1.29, 1.82) is 0 Å². The van der Waals surface area contributed by atoms with E-state index in [0.29, 0.717) is 18.5 Å². The molecule has 2 aromatic rings. The number of rotatable bonds is 11. The van der Waals surface area contributed by atoms with Crippen molar-refractivity contribution in [1.82, 2.24) is 10.2 Å². The topological polar surface area (TPSA) is 86.8 Å². The number of hydrogen-bond acceptors (Lipinski definition) is 4. The predicted molar refractivity (Wildman–Crippen MR) is 123 cm³/mol. The zero-order valence-corrected chi connectivity index (χ0v) is 19.7. The van der Waals surface area contributed by atoms with Crippen LogP contribution in [0.25, 0.3) is 0 Å². The summed E-state index contributed by atoms with van der Waals surface area (Å²) in [6.45, 7) is 3.40. The third kappa shape index (κ3) is 7.52. The van der Waals surface area contributed by atoms with Crippen LogP contribution in [0.3, 0.4) is 0 Å². The summed E-state index contributed by atoms with van der Waals surface area (Å²) in [4.78, 5) is 27.4. The number of halogens is 2. The molecule has 0 aromatic heterocycles. The molecule has 0 unspecified atom stereocenters. The third-order valence-corrected chi connectivity index (χ3v) is 6.12. The monoisotopic (exact) mass is 481 g/mol. The van der Waals surface area contributed by atoms with Gasteiger partial charge in [-0.25, -0.2) is 17.2 Å². The van der Waals surface area contributed by atoms with Gasteiger partial charge in [0.25, 0.3) is 0 Å². The standard InChI is InChI=1S/C23H29F2N3O4S/c1-4-13-26-23(30)21(5-2)27(15-17-9-11-18(24)12-10-17)22(29)16-28(33(3,31)32)20-8-6-7-19(25)14-20/h6-12,14,21H,4-5,13,15-16H2,1-3H3,(H,26,30)/t21-/m1/s1. The Kier molecular flexibility index (Phi) is 9.33. The highest BCUT2D eigenvalue weighted by atomic mass is 32.2. The first-order valence-electron chi connectivity index (χ1n) is 10.6. The molecule has 2 rings (SSSR count). The number of amides is 2. The van der Waals surface area contributed by atoms with E-state index < -0.39 is 40.2 Å². The van der Waals surface area contributed by atoms with Crippen LogP contribution >= 0.6 is 0 Å². The molecule has 1 N–H and O–H groups in total. The summed E-state index contributed by atoms with van der Waals surface area (Å²) in [5.74, 6) is -2.11. The van der Waals surface area contributed by atoms with Crippen LogP contribution in [0, 0.1) is 11.6 Å². The Bertz CT molecular complexity index is 1060. The molecule has 2 aromatic carbocycles. The Morgan fingerprint density at radius 2 is 1.70 bits per heavy atom. The fourth-order valence-corrected chi connectivity index (χ4v) is 4.16. The number of hydrogen-bond donors (Lipinski definition) is 1. The molecule has 0 fully saturated rings. The van der Waals surface area contributed by atoms with Gasteiger partial charge in [-0.15, -0.1) is 0 Å². The second-order valence-corrected chi connectivity index (χ2v) is 9.52. The van der Waals surface area contributed by atoms with Crippen molar-refractivity contribution in [2.24, 2.45) is 0 Å². The lowest BCUT2D eigenvalue weighted by Gasteiger charge is -2.32. The molecule has 0 aliphatic rings. The minimum absolute atomic E-state index is 0.00364. The zero-order valence-electron chi connectivity index (χ0n) is 18.9. The summed E-state index contributed by atoms with van der Waals surface area (Å²) in [5, 5.41) is 2.76.